The number of hydrogen-bond donors (Lipinski definition) is 0. The predicted octanol–water partition coefficient (Wildman–Crippen LogP) is 2.65. The third-order valence-corrected chi connectivity index (χ3v) is 3.52. The molecule has 1 aromatic rings. The summed E-state index contributed by atoms with van der Waals surface area (Å²) in [5.41, 5.74) is 0.00987. The van der Waals surface area contributed by atoms with Gasteiger partial charge in [0.2, 0.25) is 0 Å². The van der Waals surface area contributed by atoms with Gasteiger partial charge in [-0.2, -0.15) is 0 Å². The molecule has 0 unspecified atom stereocenters. The number of Topliss-reactive ketones (excluding diaryl/α,β-unsaturated/α-hetero) is 3. The lowest BCUT2D eigenvalue weighted by Crippen LogP contribution is -2.41. The van der Waals surface area contributed by atoms with Crippen LogP contribution in [0.2, 0.25) is 0 Å². The van der Waals surface area contributed by atoms with Gasteiger partial charge >= 0.3 is 0 Å². The van der Waals surface area contributed by atoms with E-state index in [2.05, 4.69) is 0 Å². The van der Waals surface area contributed by atoms with E-state index in [0.29, 0.717) is 17.1 Å². The van der Waals surface area contributed by atoms with E-state index in [9.17, 15) is 14.4 Å². The van der Waals surface area contributed by atoms with E-state index in [1.807, 2.05) is 13.8 Å². The molecule has 0 aromatic carbocycles. The zero-order valence-electron chi connectivity index (χ0n) is 11.7. The monoisotopic (exact) mass is 262 g/mol. The molecule has 19 heavy (non-hydrogen) atoms. The molecule has 0 amide bonds. The molecule has 1 aliphatic carbocycles. The van der Waals surface area contributed by atoms with Gasteiger partial charge in [-0.15, -0.1) is 0 Å². The number of hydrogen-bond acceptors (Lipinski definition) is 4. The van der Waals surface area contributed by atoms with E-state index >= 15 is 0 Å². The first-order valence-corrected chi connectivity index (χ1v) is 6.38. The first kappa shape index (κ1) is 13.7. The van der Waals surface area contributed by atoms with Crippen molar-refractivity contribution in [2.75, 3.05) is 0 Å². The Hall–Kier alpha value is -1.71. The first-order valence-electron chi connectivity index (χ1n) is 6.38. The number of rotatable bonds is 2. The Morgan fingerprint density at radius 1 is 1.21 bits per heavy atom. The molecule has 0 N–H and O–H groups in total. The van der Waals surface area contributed by atoms with Gasteiger partial charge in [0, 0.05) is 12.8 Å². The molecule has 2 rings (SSSR count). The van der Waals surface area contributed by atoms with E-state index in [1.165, 1.54) is 0 Å². The summed E-state index contributed by atoms with van der Waals surface area (Å²) in [5.74, 6) is -1.03. The average molecular weight is 262 g/mol. The van der Waals surface area contributed by atoms with Gasteiger partial charge in [0.25, 0.3) is 0 Å². The second-order valence-electron chi connectivity index (χ2n) is 6.07. The van der Waals surface area contributed by atoms with Crippen molar-refractivity contribution in [2.45, 2.75) is 40.5 Å². The highest BCUT2D eigenvalue weighted by molar-refractivity contribution is 6.25. The maximum Gasteiger partial charge on any atom is 0.184 e. The minimum Gasteiger partial charge on any atom is -0.466 e. The first-order chi connectivity index (χ1) is 8.71. The van der Waals surface area contributed by atoms with E-state index in [4.69, 9.17) is 4.42 Å². The lowest BCUT2D eigenvalue weighted by molar-refractivity contribution is -0.137. The summed E-state index contributed by atoms with van der Waals surface area (Å²) in [6.07, 6.45) is 0.538. The molecule has 0 aliphatic heterocycles. The molecular formula is C15H18O4. The topological polar surface area (TPSA) is 64.3 Å². The van der Waals surface area contributed by atoms with Crippen molar-refractivity contribution in [2.24, 2.45) is 11.3 Å². The number of carbonyl (C=O) groups is 3. The summed E-state index contributed by atoms with van der Waals surface area (Å²) >= 11 is 0. The standard InChI is InChI=1S/C15H18O4/c1-8-5-10(9(2)19-8)14(18)13-11(16)6-15(3,4)7-12(13)17/h5,13H,6-7H2,1-4H3. The summed E-state index contributed by atoms with van der Waals surface area (Å²) in [5, 5.41) is 0. The van der Waals surface area contributed by atoms with Crippen molar-refractivity contribution in [1.82, 2.24) is 0 Å². The average Bonchev–Trinajstić information content (AvgIpc) is 2.54. The van der Waals surface area contributed by atoms with Gasteiger partial charge in [-0.1, -0.05) is 13.8 Å². The quantitative estimate of drug-likeness (QED) is 0.607. The Morgan fingerprint density at radius 3 is 2.16 bits per heavy atom. The molecule has 102 valence electrons. The molecule has 1 heterocycles. The van der Waals surface area contributed by atoms with Crippen molar-refractivity contribution in [3.63, 3.8) is 0 Å². The highest BCUT2D eigenvalue weighted by Gasteiger charge is 2.44. The SMILES string of the molecule is Cc1cc(C(=O)C2C(=O)CC(C)(C)CC2=O)c(C)o1. The van der Waals surface area contributed by atoms with Crippen LogP contribution in [0, 0.1) is 25.2 Å². The number of carbonyl (C=O) groups excluding carboxylic acids is 3. The number of ketones is 3. The summed E-state index contributed by atoms with van der Waals surface area (Å²) < 4.78 is 5.29. The Morgan fingerprint density at radius 2 is 1.74 bits per heavy atom. The Bertz CT molecular complexity index is 543. The van der Waals surface area contributed by atoms with Crippen molar-refractivity contribution < 1.29 is 18.8 Å². The molecule has 4 nitrogen and oxygen atoms in total. The summed E-state index contributed by atoms with van der Waals surface area (Å²) in [6.45, 7) is 7.15. The van der Waals surface area contributed by atoms with Crippen LogP contribution in [0.4, 0.5) is 0 Å². The van der Waals surface area contributed by atoms with Gasteiger partial charge < -0.3 is 4.42 Å². The second-order valence-corrected chi connectivity index (χ2v) is 6.07. The third kappa shape index (κ3) is 2.53. The van der Waals surface area contributed by atoms with Gasteiger partial charge in [0.15, 0.2) is 17.3 Å². The van der Waals surface area contributed by atoms with Gasteiger partial charge in [-0.25, -0.2) is 0 Å². The van der Waals surface area contributed by atoms with Crippen LogP contribution >= 0.6 is 0 Å². The molecule has 0 bridgehead atoms. The molecule has 4 heteroatoms. The van der Waals surface area contributed by atoms with Crippen molar-refractivity contribution in [1.29, 1.82) is 0 Å². The zero-order valence-corrected chi connectivity index (χ0v) is 11.7. The number of aryl methyl sites for hydroxylation is 2. The van der Waals surface area contributed by atoms with Crippen molar-refractivity contribution in [3.8, 4) is 0 Å². The largest absolute Gasteiger partial charge is 0.466 e. The molecule has 1 fully saturated rings. The van der Waals surface area contributed by atoms with Crippen LogP contribution in [0.3, 0.4) is 0 Å². The van der Waals surface area contributed by atoms with Gasteiger partial charge in [0.05, 0.1) is 5.56 Å². The normalized spacial score (nSPS) is 19.8. The fraction of sp³-hybridized carbons (Fsp3) is 0.533. The Kier molecular flexibility index (Phi) is 3.20. The van der Waals surface area contributed by atoms with E-state index in [-0.39, 0.29) is 29.8 Å². The maximum atomic E-state index is 12.4. The fourth-order valence-corrected chi connectivity index (χ4v) is 2.71. The van der Waals surface area contributed by atoms with Crippen molar-refractivity contribution >= 4 is 17.3 Å². The smallest absolute Gasteiger partial charge is 0.184 e. The number of furan rings is 1. The van der Waals surface area contributed by atoms with Crippen LogP contribution in [0.15, 0.2) is 10.5 Å². The second kappa shape index (κ2) is 4.44. The van der Waals surface area contributed by atoms with E-state index in [0.717, 1.165) is 0 Å². The van der Waals surface area contributed by atoms with Crippen LogP contribution < -0.4 is 0 Å². The Balaban J connectivity index is 2.32. The van der Waals surface area contributed by atoms with Gasteiger partial charge in [0.1, 0.15) is 17.4 Å². The third-order valence-electron chi connectivity index (χ3n) is 3.52. The zero-order chi connectivity index (χ0) is 14.4. The maximum absolute atomic E-state index is 12.4. The fourth-order valence-electron chi connectivity index (χ4n) is 2.71. The lowest BCUT2D eigenvalue weighted by Gasteiger charge is -2.31. The van der Waals surface area contributed by atoms with Crippen LogP contribution in [0.5, 0.6) is 0 Å². The molecule has 0 radical (unpaired) electrons. The summed E-state index contributed by atoms with van der Waals surface area (Å²) in [4.78, 5) is 36.5. The Labute approximate surface area is 112 Å². The minimum absolute atomic E-state index is 0.269. The van der Waals surface area contributed by atoms with Crippen LogP contribution in [0.25, 0.3) is 0 Å². The van der Waals surface area contributed by atoms with E-state index in [1.54, 1.807) is 19.9 Å². The van der Waals surface area contributed by atoms with Gasteiger partial charge in [-0.3, -0.25) is 14.4 Å². The van der Waals surface area contributed by atoms with E-state index < -0.39 is 11.7 Å². The van der Waals surface area contributed by atoms with Crippen molar-refractivity contribution in [3.05, 3.63) is 23.2 Å². The molecular weight excluding hydrogens is 244 g/mol. The predicted molar refractivity (Wildman–Crippen MR) is 69.0 cm³/mol. The summed E-state index contributed by atoms with van der Waals surface area (Å²) in [7, 11) is 0. The van der Waals surface area contributed by atoms with Crippen LogP contribution in [-0.4, -0.2) is 17.3 Å². The van der Waals surface area contributed by atoms with Crippen LogP contribution in [-0.2, 0) is 9.59 Å². The van der Waals surface area contributed by atoms with Gasteiger partial charge in [-0.05, 0) is 25.3 Å². The molecule has 1 saturated carbocycles. The highest BCUT2D eigenvalue weighted by Crippen LogP contribution is 2.35. The molecule has 0 spiro atoms. The lowest BCUT2D eigenvalue weighted by atomic mass is 9.70. The molecule has 0 saturated heterocycles. The minimum atomic E-state index is -1.14. The molecule has 1 aromatic heterocycles. The molecule has 0 atom stereocenters. The molecule has 1 aliphatic rings. The summed E-state index contributed by atoms with van der Waals surface area (Å²) in [6, 6.07) is 1.60. The highest BCUT2D eigenvalue weighted by atomic mass is 16.3. The van der Waals surface area contributed by atoms with Crippen LogP contribution in [0.1, 0.15) is 48.6 Å².